The summed E-state index contributed by atoms with van der Waals surface area (Å²) in [5.41, 5.74) is 4.51. The van der Waals surface area contributed by atoms with Crippen LogP contribution in [0.3, 0.4) is 0 Å². The second kappa shape index (κ2) is 7.36. The summed E-state index contributed by atoms with van der Waals surface area (Å²) in [7, 11) is 4.12. The first-order chi connectivity index (χ1) is 10.9. The quantitative estimate of drug-likeness (QED) is 0.884. The van der Waals surface area contributed by atoms with Gasteiger partial charge in [0.15, 0.2) is 0 Å². The SMILES string of the molecule is CCc1cc(=O)[nH]cc1OCc1ccc(C(C)C)c(N(C)C)c1. The van der Waals surface area contributed by atoms with Gasteiger partial charge in [0.1, 0.15) is 12.4 Å². The summed E-state index contributed by atoms with van der Waals surface area (Å²) in [5, 5.41) is 0. The molecule has 0 atom stereocenters. The molecule has 0 spiro atoms. The first-order valence-electron chi connectivity index (χ1n) is 8.07. The highest BCUT2D eigenvalue weighted by Gasteiger charge is 2.10. The molecule has 0 amide bonds. The predicted octanol–water partition coefficient (Wildman–Crippen LogP) is 3.71. The number of pyridine rings is 1. The van der Waals surface area contributed by atoms with Gasteiger partial charge in [-0.3, -0.25) is 4.79 Å². The number of aromatic amines is 1. The van der Waals surface area contributed by atoms with Gasteiger partial charge in [-0.25, -0.2) is 0 Å². The van der Waals surface area contributed by atoms with Crippen LogP contribution in [0.2, 0.25) is 0 Å². The van der Waals surface area contributed by atoms with Crippen LogP contribution in [0.5, 0.6) is 5.75 Å². The molecular weight excluding hydrogens is 288 g/mol. The molecule has 1 aromatic heterocycles. The van der Waals surface area contributed by atoms with E-state index in [9.17, 15) is 4.79 Å². The summed E-state index contributed by atoms with van der Waals surface area (Å²) in [6.45, 7) is 6.90. The average molecular weight is 314 g/mol. The maximum atomic E-state index is 11.4. The van der Waals surface area contributed by atoms with Crippen LogP contribution in [-0.2, 0) is 13.0 Å². The number of nitrogens with zero attached hydrogens (tertiary/aromatic N) is 1. The molecule has 0 aliphatic rings. The average Bonchev–Trinajstić information content (AvgIpc) is 2.53. The molecule has 4 nitrogen and oxygen atoms in total. The number of anilines is 1. The van der Waals surface area contributed by atoms with Crippen LogP contribution >= 0.6 is 0 Å². The van der Waals surface area contributed by atoms with E-state index in [1.807, 2.05) is 6.92 Å². The fourth-order valence-corrected chi connectivity index (χ4v) is 2.63. The van der Waals surface area contributed by atoms with Crippen LogP contribution in [0.15, 0.2) is 35.3 Å². The Bertz CT molecular complexity index is 718. The highest BCUT2D eigenvalue weighted by molar-refractivity contribution is 5.55. The number of ether oxygens (including phenoxy) is 1. The molecule has 2 aromatic rings. The fraction of sp³-hybridized carbons (Fsp3) is 0.421. The number of hydrogen-bond acceptors (Lipinski definition) is 3. The molecule has 0 bridgehead atoms. The van der Waals surface area contributed by atoms with Crippen LogP contribution in [0.25, 0.3) is 0 Å². The number of aromatic nitrogens is 1. The molecule has 23 heavy (non-hydrogen) atoms. The van der Waals surface area contributed by atoms with Crippen LogP contribution in [0.4, 0.5) is 5.69 Å². The third-order valence-electron chi connectivity index (χ3n) is 3.94. The van der Waals surface area contributed by atoms with E-state index < -0.39 is 0 Å². The Hall–Kier alpha value is -2.23. The Kier molecular flexibility index (Phi) is 5.48. The zero-order valence-electron chi connectivity index (χ0n) is 14.6. The number of nitrogens with one attached hydrogen (secondary N) is 1. The predicted molar refractivity (Wildman–Crippen MR) is 95.6 cm³/mol. The zero-order chi connectivity index (χ0) is 17.0. The first kappa shape index (κ1) is 17.1. The van der Waals surface area contributed by atoms with Gasteiger partial charge in [-0.15, -0.1) is 0 Å². The molecule has 1 heterocycles. The van der Waals surface area contributed by atoms with Gasteiger partial charge in [-0.1, -0.05) is 32.9 Å². The van der Waals surface area contributed by atoms with Gasteiger partial charge in [0.05, 0.1) is 0 Å². The van der Waals surface area contributed by atoms with E-state index in [1.54, 1.807) is 12.3 Å². The maximum Gasteiger partial charge on any atom is 0.248 e. The highest BCUT2D eigenvalue weighted by atomic mass is 16.5. The van der Waals surface area contributed by atoms with E-state index in [2.05, 4.69) is 56.0 Å². The molecule has 0 saturated heterocycles. The molecule has 0 fully saturated rings. The van der Waals surface area contributed by atoms with Gasteiger partial charge >= 0.3 is 0 Å². The molecule has 1 aromatic carbocycles. The second-order valence-electron chi connectivity index (χ2n) is 6.27. The Balaban J connectivity index is 2.21. The van der Waals surface area contributed by atoms with Crippen molar-refractivity contribution >= 4 is 5.69 Å². The van der Waals surface area contributed by atoms with Crippen LogP contribution in [0.1, 0.15) is 43.4 Å². The summed E-state index contributed by atoms with van der Waals surface area (Å²) in [5.74, 6) is 1.22. The Morgan fingerprint density at radius 2 is 1.96 bits per heavy atom. The third kappa shape index (κ3) is 4.15. The Labute approximate surface area is 138 Å². The monoisotopic (exact) mass is 314 g/mol. The van der Waals surface area contributed by atoms with E-state index in [-0.39, 0.29) is 5.56 Å². The molecule has 2 rings (SSSR count). The van der Waals surface area contributed by atoms with Crippen molar-refractivity contribution in [3.8, 4) is 5.75 Å². The first-order valence-corrected chi connectivity index (χ1v) is 8.07. The largest absolute Gasteiger partial charge is 0.487 e. The summed E-state index contributed by atoms with van der Waals surface area (Å²) < 4.78 is 5.92. The van der Waals surface area contributed by atoms with Crippen LogP contribution in [-0.4, -0.2) is 19.1 Å². The maximum absolute atomic E-state index is 11.4. The van der Waals surface area contributed by atoms with E-state index in [1.165, 1.54) is 11.3 Å². The molecular formula is C19H26N2O2. The second-order valence-corrected chi connectivity index (χ2v) is 6.27. The summed E-state index contributed by atoms with van der Waals surface area (Å²) >= 11 is 0. The number of aryl methyl sites for hydroxylation is 1. The molecule has 0 saturated carbocycles. The number of hydrogen-bond donors (Lipinski definition) is 1. The van der Waals surface area contributed by atoms with Gasteiger partial charge < -0.3 is 14.6 Å². The van der Waals surface area contributed by atoms with Gasteiger partial charge in [-0.2, -0.15) is 0 Å². The van der Waals surface area contributed by atoms with Gasteiger partial charge in [-0.05, 0) is 29.5 Å². The van der Waals surface area contributed by atoms with Crippen molar-refractivity contribution in [1.29, 1.82) is 0 Å². The van der Waals surface area contributed by atoms with E-state index in [0.717, 1.165) is 23.3 Å². The molecule has 124 valence electrons. The fourth-order valence-electron chi connectivity index (χ4n) is 2.63. The molecule has 0 radical (unpaired) electrons. The van der Waals surface area contributed by atoms with E-state index in [4.69, 9.17) is 4.74 Å². The molecule has 0 aliphatic heterocycles. The Morgan fingerprint density at radius 1 is 1.22 bits per heavy atom. The van der Waals surface area contributed by atoms with Gasteiger partial charge in [0.2, 0.25) is 5.56 Å². The topological polar surface area (TPSA) is 45.3 Å². The van der Waals surface area contributed by atoms with Crippen molar-refractivity contribution in [2.75, 3.05) is 19.0 Å². The standard InChI is InChI=1S/C19H26N2O2/c1-6-15-10-19(22)20-11-18(15)23-12-14-7-8-16(13(2)3)17(9-14)21(4)5/h7-11,13H,6,12H2,1-5H3,(H,20,22). The molecule has 1 N–H and O–H groups in total. The summed E-state index contributed by atoms with van der Waals surface area (Å²) in [6, 6.07) is 8.06. The highest BCUT2D eigenvalue weighted by Crippen LogP contribution is 2.28. The summed E-state index contributed by atoms with van der Waals surface area (Å²) in [4.78, 5) is 16.2. The third-order valence-corrected chi connectivity index (χ3v) is 3.94. The van der Waals surface area contributed by atoms with Crippen molar-refractivity contribution in [2.45, 2.75) is 39.7 Å². The number of benzene rings is 1. The van der Waals surface area contributed by atoms with Gasteiger partial charge in [0.25, 0.3) is 0 Å². The lowest BCUT2D eigenvalue weighted by molar-refractivity contribution is 0.301. The number of rotatable bonds is 6. The Morgan fingerprint density at radius 3 is 2.57 bits per heavy atom. The van der Waals surface area contributed by atoms with Gasteiger partial charge in [0, 0.05) is 37.6 Å². The lowest BCUT2D eigenvalue weighted by atomic mass is 9.99. The van der Waals surface area contributed by atoms with Crippen molar-refractivity contribution in [2.24, 2.45) is 0 Å². The number of H-pyrrole nitrogens is 1. The minimum absolute atomic E-state index is 0.0922. The normalized spacial score (nSPS) is 10.9. The smallest absolute Gasteiger partial charge is 0.248 e. The van der Waals surface area contributed by atoms with Crippen molar-refractivity contribution < 1.29 is 4.74 Å². The minimum atomic E-state index is -0.0922. The van der Waals surface area contributed by atoms with Crippen molar-refractivity contribution in [1.82, 2.24) is 4.98 Å². The lowest BCUT2D eigenvalue weighted by Gasteiger charge is -2.21. The van der Waals surface area contributed by atoms with E-state index in [0.29, 0.717) is 12.5 Å². The van der Waals surface area contributed by atoms with Crippen molar-refractivity contribution in [3.05, 3.63) is 57.5 Å². The molecule has 0 aliphatic carbocycles. The minimum Gasteiger partial charge on any atom is -0.487 e. The van der Waals surface area contributed by atoms with Crippen LogP contribution < -0.4 is 15.2 Å². The lowest BCUT2D eigenvalue weighted by Crippen LogP contribution is -2.13. The molecule has 0 unspecified atom stereocenters. The molecule has 4 heteroatoms. The summed E-state index contributed by atoms with van der Waals surface area (Å²) in [6.07, 6.45) is 2.42. The van der Waals surface area contributed by atoms with Crippen LogP contribution in [0, 0.1) is 0 Å². The zero-order valence-corrected chi connectivity index (χ0v) is 14.6. The van der Waals surface area contributed by atoms with Crippen molar-refractivity contribution in [3.63, 3.8) is 0 Å². The van der Waals surface area contributed by atoms with E-state index >= 15 is 0 Å².